The van der Waals surface area contributed by atoms with Gasteiger partial charge in [0.1, 0.15) is 16.2 Å². The molecule has 3 aromatic rings. The first-order chi connectivity index (χ1) is 13.7. The molecule has 0 aliphatic carbocycles. The highest BCUT2D eigenvalue weighted by Gasteiger charge is 2.23. The third-order valence-electron chi connectivity index (χ3n) is 4.22. The van der Waals surface area contributed by atoms with E-state index in [1.165, 1.54) is 25.3 Å². The van der Waals surface area contributed by atoms with Gasteiger partial charge in [0, 0.05) is 10.9 Å². The first-order valence-corrected chi connectivity index (χ1v) is 9.90. The maximum absolute atomic E-state index is 12.7. The highest BCUT2D eigenvalue weighted by molar-refractivity contribution is 7.89. The minimum absolute atomic E-state index is 0.000746. The molecule has 0 spiro atoms. The number of benzene rings is 2. The number of hydrogen-bond acceptors (Lipinski definition) is 6. The number of carboxylic acids is 1. The Kier molecular flexibility index (Phi) is 5.57. The van der Waals surface area contributed by atoms with Crippen LogP contribution in [0.1, 0.15) is 21.7 Å². The van der Waals surface area contributed by atoms with Crippen LogP contribution in [0.4, 0.5) is 0 Å². The number of fused-ring (bicyclic) bond motifs is 1. The molecule has 152 valence electrons. The molecular weight excluding hydrogens is 400 g/mol. The Bertz CT molecular complexity index is 1200. The van der Waals surface area contributed by atoms with Crippen LogP contribution in [0.5, 0.6) is 5.75 Å². The Morgan fingerprint density at radius 1 is 1.17 bits per heavy atom. The number of aryl methyl sites for hydroxylation is 1. The average molecular weight is 418 g/mol. The number of carbonyl (C=O) groups is 2. The zero-order valence-electron chi connectivity index (χ0n) is 15.6. The predicted octanol–water partition coefficient (Wildman–Crippen LogP) is 2.00. The van der Waals surface area contributed by atoms with Gasteiger partial charge in [-0.1, -0.05) is 24.3 Å². The summed E-state index contributed by atoms with van der Waals surface area (Å²) in [6, 6.07) is 11.0. The molecule has 1 amide bonds. The lowest BCUT2D eigenvalue weighted by molar-refractivity contribution is -0.136. The molecule has 10 heteroatoms. The molecule has 3 rings (SSSR count). The maximum Gasteiger partial charge on any atom is 0.307 e. The zero-order chi connectivity index (χ0) is 21.2. The summed E-state index contributed by atoms with van der Waals surface area (Å²) in [4.78, 5) is 25.0. The Morgan fingerprint density at radius 2 is 1.90 bits per heavy atom. The molecular formula is C19H18N2O7S. The van der Waals surface area contributed by atoms with Gasteiger partial charge in [0.2, 0.25) is 0 Å². The lowest BCUT2D eigenvalue weighted by atomic mass is 10.1. The van der Waals surface area contributed by atoms with Crippen LogP contribution in [0.2, 0.25) is 0 Å². The number of ether oxygens (including phenoxy) is 1. The topological polar surface area (TPSA) is 135 Å². The number of furan rings is 1. The molecule has 0 unspecified atom stereocenters. The summed E-state index contributed by atoms with van der Waals surface area (Å²) in [5.41, 5.74) is 3.44. The Morgan fingerprint density at radius 3 is 2.55 bits per heavy atom. The van der Waals surface area contributed by atoms with Crippen molar-refractivity contribution in [3.8, 4) is 5.75 Å². The van der Waals surface area contributed by atoms with Gasteiger partial charge in [-0.3, -0.25) is 15.0 Å². The minimum Gasteiger partial charge on any atom is -0.495 e. The van der Waals surface area contributed by atoms with Gasteiger partial charge < -0.3 is 14.3 Å². The van der Waals surface area contributed by atoms with Crippen LogP contribution in [0, 0.1) is 6.92 Å². The van der Waals surface area contributed by atoms with Gasteiger partial charge in [0.15, 0.2) is 5.76 Å². The molecule has 9 nitrogen and oxygen atoms in total. The number of aliphatic carboxylic acids is 1. The molecule has 0 radical (unpaired) electrons. The van der Waals surface area contributed by atoms with Crippen molar-refractivity contribution in [2.24, 2.45) is 0 Å². The number of methoxy groups -OCH3 is 1. The van der Waals surface area contributed by atoms with Crippen molar-refractivity contribution < 1.29 is 32.3 Å². The molecule has 1 heterocycles. The monoisotopic (exact) mass is 418 g/mol. The SMILES string of the molecule is COc1ccc(CC(=O)O)cc1S(=O)(=O)NNC(=O)c1oc2ccccc2c1C. The third-order valence-corrected chi connectivity index (χ3v) is 5.49. The number of carboxylic acid groups (broad SMARTS) is 1. The standard InChI is InChI=1S/C19H18N2O7S/c1-11-13-5-3-4-6-14(13)28-18(11)19(24)20-21-29(25,26)16-9-12(10-17(22)23)7-8-15(16)27-2/h3-9,21H,10H2,1-2H3,(H,20,24)(H,22,23). The quantitative estimate of drug-likeness (QED) is 0.500. The normalized spacial score (nSPS) is 11.4. The number of nitrogens with one attached hydrogen (secondary N) is 2. The van der Waals surface area contributed by atoms with Crippen molar-refractivity contribution in [3.63, 3.8) is 0 Å². The van der Waals surface area contributed by atoms with E-state index in [1.807, 2.05) is 4.83 Å². The maximum atomic E-state index is 12.7. The Hall–Kier alpha value is -3.37. The number of carbonyl (C=O) groups excluding carboxylic acids is 1. The molecule has 0 bridgehead atoms. The highest BCUT2D eigenvalue weighted by atomic mass is 32.2. The van der Waals surface area contributed by atoms with E-state index in [2.05, 4.69) is 5.43 Å². The van der Waals surface area contributed by atoms with E-state index in [0.29, 0.717) is 11.1 Å². The van der Waals surface area contributed by atoms with Gasteiger partial charge in [-0.05, 0) is 30.7 Å². The van der Waals surface area contributed by atoms with Gasteiger partial charge >= 0.3 is 11.9 Å². The van der Waals surface area contributed by atoms with E-state index in [0.717, 1.165) is 5.39 Å². The van der Waals surface area contributed by atoms with Gasteiger partial charge in [0.05, 0.1) is 13.5 Å². The van der Waals surface area contributed by atoms with Crippen LogP contribution in [0.25, 0.3) is 11.0 Å². The van der Waals surface area contributed by atoms with Crippen molar-refractivity contribution in [2.75, 3.05) is 7.11 Å². The van der Waals surface area contributed by atoms with Crippen molar-refractivity contribution in [1.29, 1.82) is 0 Å². The zero-order valence-corrected chi connectivity index (χ0v) is 16.4. The van der Waals surface area contributed by atoms with Crippen LogP contribution < -0.4 is 15.0 Å². The number of hydrazine groups is 1. The van der Waals surface area contributed by atoms with Crippen LogP contribution >= 0.6 is 0 Å². The first-order valence-electron chi connectivity index (χ1n) is 8.42. The Labute approximate surface area is 166 Å². The number of hydrogen-bond donors (Lipinski definition) is 3. The molecule has 0 saturated heterocycles. The molecule has 0 aliphatic heterocycles. The van der Waals surface area contributed by atoms with Crippen LogP contribution in [0.3, 0.4) is 0 Å². The Balaban J connectivity index is 1.84. The summed E-state index contributed by atoms with van der Waals surface area (Å²) in [7, 11) is -2.97. The van der Waals surface area contributed by atoms with E-state index < -0.39 is 21.9 Å². The fourth-order valence-electron chi connectivity index (χ4n) is 2.83. The van der Waals surface area contributed by atoms with Crippen molar-refractivity contribution >= 4 is 32.9 Å². The summed E-state index contributed by atoms with van der Waals surface area (Å²) in [6.45, 7) is 1.69. The lowest BCUT2D eigenvalue weighted by Crippen LogP contribution is -2.41. The lowest BCUT2D eigenvalue weighted by Gasteiger charge is -2.12. The third kappa shape index (κ3) is 4.23. The number of para-hydroxylation sites is 1. The average Bonchev–Trinajstić information content (AvgIpc) is 3.03. The van der Waals surface area contributed by atoms with Gasteiger partial charge in [-0.15, -0.1) is 4.83 Å². The fourth-order valence-corrected chi connectivity index (χ4v) is 3.89. The second kappa shape index (κ2) is 7.94. The summed E-state index contributed by atoms with van der Waals surface area (Å²) < 4.78 is 35.9. The van der Waals surface area contributed by atoms with E-state index in [-0.39, 0.29) is 28.4 Å². The second-order valence-electron chi connectivity index (χ2n) is 6.17. The summed E-state index contributed by atoms with van der Waals surface area (Å²) in [5.74, 6) is -1.91. The van der Waals surface area contributed by atoms with Crippen LogP contribution in [-0.2, 0) is 21.2 Å². The molecule has 0 fully saturated rings. The van der Waals surface area contributed by atoms with E-state index in [1.54, 1.807) is 31.2 Å². The van der Waals surface area contributed by atoms with Crippen molar-refractivity contribution in [1.82, 2.24) is 10.3 Å². The summed E-state index contributed by atoms with van der Waals surface area (Å²) in [5, 5.41) is 9.65. The van der Waals surface area contributed by atoms with E-state index in [4.69, 9.17) is 14.3 Å². The number of sulfonamides is 1. The van der Waals surface area contributed by atoms with E-state index >= 15 is 0 Å². The van der Waals surface area contributed by atoms with Crippen molar-refractivity contribution in [3.05, 3.63) is 59.4 Å². The summed E-state index contributed by atoms with van der Waals surface area (Å²) in [6.07, 6.45) is -0.364. The molecule has 3 N–H and O–H groups in total. The molecule has 29 heavy (non-hydrogen) atoms. The molecule has 0 atom stereocenters. The van der Waals surface area contributed by atoms with Crippen LogP contribution in [0.15, 0.2) is 51.8 Å². The smallest absolute Gasteiger partial charge is 0.307 e. The fraction of sp³-hybridized carbons (Fsp3) is 0.158. The second-order valence-corrected chi connectivity index (χ2v) is 7.82. The largest absolute Gasteiger partial charge is 0.495 e. The van der Waals surface area contributed by atoms with Gasteiger partial charge in [-0.25, -0.2) is 8.42 Å². The first kappa shape index (κ1) is 20.4. The van der Waals surface area contributed by atoms with Gasteiger partial charge in [-0.2, -0.15) is 0 Å². The molecule has 1 aromatic heterocycles. The molecule has 0 aliphatic rings. The minimum atomic E-state index is -4.25. The predicted molar refractivity (Wildman–Crippen MR) is 103 cm³/mol. The van der Waals surface area contributed by atoms with Gasteiger partial charge in [0.25, 0.3) is 10.0 Å². The van der Waals surface area contributed by atoms with E-state index in [9.17, 15) is 18.0 Å². The highest BCUT2D eigenvalue weighted by Crippen LogP contribution is 2.26. The van der Waals surface area contributed by atoms with Crippen molar-refractivity contribution in [2.45, 2.75) is 18.2 Å². The van der Waals surface area contributed by atoms with Crippen LogP contribution in [-0.4, -0.2) is 32.5 Å². The molecule has 2 aromatic carbocycles. The molecule has 0 saturated carbocycles. The number of rotatable bonds is 7. The summed E-state index contributed by atoms with van der Waals surface area (Å²) >= 11 is 0. The number of amides is 1.